The van der Waals surface area contributed by atoms with Gasteiger partial charge in [-0.05, 0) is 11.6 Å². The summed E-state index contributed by atoms with van der Waals surface area (Å²) in [4.78, 5) is 14.9. The highest BCUT2D eigenvalue weighted by Gasteiger charge is 2.38. The third kappa shape index (κ3) is 2.96. The molecule has 3 nitrogen and oxygen atoms in total. The summed E-state index contributed by atoms with van der Waals surface area (Å²) < 4.78 is 39.4. The van der Waals surface area contributed by atoms with Gasteiger partial charge in [-0.2, -0.15) is 13.2 Å². The number of rotatable bonds is 3. The molecule has 0 atom stereocenters. The van der Waals surface area contributed by atoms with Crippen molar-refractivity contribution in [3.8, 4) is 0 Å². The second-order valence-electron chi connectivity index (χ2n) is 4.20. The van der Waals surface area contributed by atoms with E-state index in [-0.39, 0.29) is 12.1 Å². The van der Waals surface area contributed by atoms with Gasteiger partial charge in [0.2, 0.25) is 5.91 Å². The summed E-state index contributed by atoms with van der Waals surface area (Å²) in [6.07, 6.45) is -3.53. The first kappa shape index (κ1) is 14.0. The molecule has 0 spiro atoms. The smallest absolute Gasteiger partial charge is 0.366 e. The maximum atomic E-state index is 13.1. The number of primary amides is 1. The molecule has 1 aromatic heterocycles. The van der Waals surface area contributed by atoms with Gasteiger partial charge in [0.15, 0.2) is 0 Å². The molecular formula is C14H11F3N2O. The van der Waals surface area contributed by atoms with Crippen LogP contribution in [0.1, 0.15) is 27.2 Å². The maximum Gasteiger partial charge on any atom is 0.418 e. The van der Waals surface area contributed by atoms with Crippen LogP contribution >= 0.6 is 0 Å². The Hall–Kier alpha value is -2.37. The molecule has 0 aliphatic heterocycles. The molecule has 0 saturated carbocycles. The first-order valence-corrected chi connectivity index (χ1v) is 5.78. The van der Waals surface area contributed by atoms with E-state index in [4.69, 9.17) is 5.73 Å². The van der Waals surface area contributed by atoms with Crippen LogP contribution < -0.4 is 5.73 Å². The van der Waals surface area contributed by atoms with Gasteiger partial charge >= 0.3 is 6.18 Å². The molecule has 0 radical (unpaired) electrons. The van der Waals surface area contributed by atoms with Crippen molar-refractivity contribution in [1.29, 1.82) is 0 Å². The molecule has 0 unspecified atom stereocenters. The highest BCUT2D eigenvalue weighted by atomic mass is 19.4. The number of alkyl halides is 3. The summed E-state index contributed by atoms with van der Waals surface area (Å²) >= 11 is 0. The monoisotopic (exact) mass is 280 g/mol. The minimum atomic E-state index is -4.68. The van der Waals surface area contributed by atoms with Crippen molar-refractivity contribution in [2.45, 2.75) is 12.6 Å². The van der Waals surface area contributed by atoms with Crippen LogP contribution in [0.5, 0.6) is 0 Å². The number of nitrogens with zero attached hydrogens (tertiary/aromatic N) is 1. The van der Waals surface area contributed by atoms with E-state index in [2.05, 4.69) is 4.98 Å². The number of pyridine rings is 1. The molecule has 104 valence electrons. The van der Waals surface area contributed by atoms with E-state index >= 15 is 0 Å². The molecule has 1 heterocycles. The Morgan fingerprint density at radius 3 is 2.35 bits per heavy atom. The maximum absolute atomic E-state index is 13.1. The van der Waals surface area contributed by atoms with Crippen LogP contribution in [0.25, 0.3) is 0 Å². The van der Waals surface area contributed by atoms with Crippen LogP contribution in [0.15, 0.2) is 42.6 Å². The van der Waals surface area contributed by atoms with Gasteiger partial charge in [-0.15, -0.1) is 0 Å². The lowest BCUT2D eigenvalue weighted by Crippen LogP contribution is -2.21. The Kier molecular flexibility index (Phi) is 3.74. The van der Waals surface area contributed by atoms with Crippen molar-refractivity contribution in [1.82, 2.24) is 4.98 Å². The van der Waals surface area contributed by atoms with E-state index in [1.54, 1.807) is 30.3 Å². The Balaban J connectivity index is 2.53. The fourth-order valence-electron chi connectivity index (χ4n) is 1.95. The SMILES string of the molecule is NC(=O)c1ccnc(Cc2ccccc2)c1C(F)(F)F. The molecule has 0 bridgehead atoms. The molecule has 1 aromatic carbocycles. The van der Waals surface area contributed by atoms with Gasteiger partial charge in [0, 0.05) is 12.6 Å². The lowest BCUT2D eigenvalue weighted by atomic mass is 10.00. The molecule has 0 saturated heterocycles. The first-order valence-electron chi connectivity index (χ1n) is 5.78. The summed E-state index contributed by atoms with van der Waals surface area (Å²) in [5.74, 6) is -1.12. The zero-order valence-electron chi connectivity index (χ0n) is 10.3. The van der Waals surface area contributed by atoms with Crippen molar-refractivity contribution in [3.63, 3.8) is 0 Å². The van der Waals surface area contributed by atoms with E-state index in [1.807, 2.05) is 0 Å². The lowest BCUT2D eigenvalue weighted by Gasteiger charge is -2.15. The number of halogens is 3. The van der Waals surface area contributed by atoms with Crippen LogP contribution in [0.2, 0.25) is 0 Å². The first-order chi connectivity index (χ1) is 9.39. The topological polar surface area (TPSA) is 56.0 Å². The van der Waals surface area contributed by atoms with E-state index in [0.717, 1.165) is 12.3 Å². The zero-order valence-corrected chi connectivity index (χ0v) is 10.3. The Morgan fingerprint density at radius 2 is 1.80 bits per heavy atom. The molecule has 20 heavy (non-hydrogen) atoms. The number of hydrogen-bond acceptors (Lipinski definition) is 2. The third-order valence-electron chi connectivity index (χ3n) is 2.79. The molecular weight excluding hydrogens is 269 g/mol. The second kappa shape index (κ2) is 5.32. The van der Waals surface area contributed by atoms with Crippen molar-refractivity contribution in [3.05, 3.63) is 65.0 Å². The number of carbonyl (C=O) groups is 1. The van der Waals surface area contributed by atoms with E-state index in [9.17, 15) is 18.0 Å². The van der Waals surface area contributed by atoms with Crippen LogP contribution in [0.3, 0.4) is 0 Å². The van der Waals surface area contributed by atoms with Gasteiger partial charge in [-0.3, -0.25) is 9.78 Å². The molecule has 2 rings (SSSR count). The van der Waals surface area contributed by atoms with Crippen molar-refractivity contribution >= 4 is 5.91 Å². The molecule has 0 aliphatic rings. The van der Waals surface area contributed by atoms with Crippen LogP contribution in [-0.4, -0.2) is 10.9 Å². The van der Waals surface area contributed by atoms with Crippen molar-refractivity contribution in [2.75, 3.05) is 0 Å². The Morgan fingerprint density at radius 1 is 1.15 bits per heavy atom. The molecule has 1 amide bonds. The van der Waals surface area contributed by atoms with E-state index in [0.29, 0.717) is 5.56 Å². The second-order valence-corrected chi connectivity index (χ2v) is 4.20. The predicted molar refractivity (Wildman–Crippen MR) is 67.0 cm³/mol. The summed E-state index contributed by atoms with van der Waals surface area (Å²) in [5, 5.41) is 0. The highest BCUT2D eigenvalue weighted by molar-refractivity contribution is 5.94. The number of hydrogen-bond donors (Lipinski definition) is 1. The normalized spacial score (nSPS) is 11.3. The molecule has 2 N–H and O–H groups in total. The largest absolute Gasteiger partial charge is 0.418 e. The van der Waals surface area contributed by atoms with Crippen molar-refractivity contribution in [2.24, 2.45) is 5.73 Å². The zero-order chi connectivity index (χ0) is 14.8. The van der Waals surface area contributed by atoms with Gasteiger partial charge in [0.05, 0.1) is 16.8 Å². The summed E-state index contributed by atoms with van der Waals surface area (Å²) in [7, 11) is 0. The standard InChI is InChI=1S/C14H11F3N2O/c15-14(16,17)12-10(13(18)20)6-7-19-11(12)8-9-4-2-1-3-5-9/h1-7H,8H2,(H2,18,20). The van der Waals surface area contributed by atoms with Gasteiger partial charge in [-0.25, -0.2) is 0 Å². The minimum absolute atomic E-state index is 0.0171. The number of amides is 1. The van der Waals surface area contributed by atoms with Crippen LogP contribution in [0, 0.1) is 0 Å². The van der Waals surface area contributed by atoms with E-state index < -0.39 is 23.2 Å². The third-order valence-corrected chi connectivity index (χ3v) is 2.79. The average Bonchev–Trinajstić information content (AvgIpc) is 2.38. The van der Waals surface area contributed by atoms with Crippen LogP contribution in [-0.2, 0) is 12.6 Å². The van der Waals surface area contributed by atoms with Gasteiger partial charge in [-0.1, -0.05) is 30.3 Å². The summed E-state index contributed by atoms with van der Waals surface area (Å²) in [5.41, 5.74) is 3.86. The molecule has 2 aromatic rings. The Labute approximate surface area is 113 Å². The number of carbonyl (C=O) groups excluding carboxylic acids is 1. The fraction of sp³-hybridized carbons (Fsp3) is 0.143. The lowest BCUT2D eigenvalue weighted by molar-refractivity contribution is -0.138. The average molecular weight is 280 g/mol. The highest BCUT2D eigenvalue weighted by Crippen LogP contribution is 2.34. The molecule has 0 aliphatic carbocycles. The Bertz CT molecular complexity index is 624. The van der Waals surface area contributed by atoms with Gasteiger partial charge < -0.3 is 5.73 Å². The number of benzene rings is 1. The summed E-state index contributed by atoms with van der Waals surface area (Å²) in [6, 6.07) is 9.58. The fourth-order valence-corrected chi connectivity index (χ4v) is 1.95. The van der Waals surface area contributed by atoms with Gasteiger partial charge in [0.25, 0.3) is 0 Å². The van der Waals surface area contributed by atoms with E-state index in [1.165, 1.54) is 0 Å². The predicted octanol–water partition coefficient (Wildman–Crippen LogP) is 2.79. The molecule has 0 fully saturated rings. The quantitative estimate of drug-likeness (QED) is 0.939. The number of nitrogens with two attached hydrogens (primary N) is 1. The minimum Gasteiger partial charge on any atom is -0.366 e. The van der Waals surface area contributed by atoms with Gasteiger partial charge in [0.1, 0.15) is 0 Å². The molecule has 6 heteroatoms. The number of aromatic nitrogens is 1. The summed E-state index contributed by atoms with van der Waals surface area (Å²) in [6.45, 7) is 0. The van der Waals surface area contributed by atoms with Crippen LogP contribution in [0.4, 0.5) is 13.2 Å². The van der Waals surface area contributed by atoms with Crippen molar-refractivity contribution < 1.29 is 18.0 Å².